The minimum atomic E-state index is -0.356. The van der Waals surface area contributed by atoms with Gasteiger partial charge < -0.3 is 9.64 Å². The molecule has 5 nitrogen and oxygen atoms in total. The van der Waals surface area contributed by atoms with Gasteiger partial charge in [-0.3, -0.25) is 15.1 Å². The van der Waals surface area contributed by atoms with Gasteiger partial charge in [-0.25, -0.2) is 4.39 Å². The van der Waals surface area contributed by atoms with E-state index in [1.54, 1.807) is 6.07 Å². The molecule has 2 rings (SSSR count). The maximum Gasteiger partial charge on any atom is 0.239 e. The molecule has 2 unspecified atom stereocenters. The Morgan fingerprint density at radius 3 is 2.76 bits per heavy atom. The Morgan fingerprint density at radius 1 is 1.48 bits per heavy atom. The van der Waals surface area contributed by atoms with Crippen molar-refractivity contribution in [1.29, 1.82) is 0 Å². The number of halogens is 1. The molecule has 1 saturated heterocycles. The van der Waals surface area contributed by atoms with Gasteiger partial charge in [-0.15, -0.1) is 0 Å². The Kier molecular flexibility index (Phi) is 5.64. The number of nitrogens with zero attached hydrogens (tertiary/aromatic N) is 2. The topological polar surface area (TPSA) is 54.5 Å². The van der Waals surface area contributed by atoms with Crippen LogP contribution in [0.5, 0.6) is 0 Å². The van der Waals surface area contributed by atoms with Crippen LogP contribution in [-0.2, 0) is 9.53 Å². The van der Waals surface area contributed by atoms with E-state index in [4.69, 9.17) is 4.74 Å². The smallest absolute Gasteiger partial charge is 0.239 e. The lowest BCUT2D eigenvalue weighted by Crippen LogP contribution is -2.49. The van der Waals surface area contributed by atoms with Crippen LogP contribution in [0.25, 0.3) is 0 Å². The molecule has 1 aliphatic heterocycles. The van der Waals surface area contributed by atoms with Crippen molar-refractivity contribution in [3.05, 3.63) is 29.8 Å². The first-order valence-corrected chi connectivity index (χ1v) is 7.36. The van der Waals surface area contributed by atoms with Crippen LogP contribution in [0.15, 0.2) is 18.3 Å². The highest BCUT2D eigenvalue weighted by molar-refractivity contribution is 5.81. The summed E-state index contributed by atoms with van der Waals surface area (Å²) >= 11 is 0. The molecule has 2 heterocycles. The third-order valence-electron chi connectivity index (χ3n) is 3.66. The molecule has 116 valence electrons. The zero-order valence-electron chi connectivity index (χ0n) is 12.5. The lowest BCUT2D eigenvalue weighted by Gasteiger charge is -2.31. The molecule has 2 atom stereocenters. The standard InChI is InChI=1S/C15H22FN3O2/c1-3-13(14-5-4-12(16)10-17-14)18-11(2)15(20)19-6-8-21-9-7-19/h4-5,10-11,13,18H,3,6-9H2,1-2H3. The predicted octanol–water partition coefficient (Wildman–Crippen LogP) is 1.51. The first kappa shape index (κ1) is 15.9. The number of carbonyl (C=O) groups excluding carboxylic acids is 1. The maximum absolute atomic E-state index is 12.9. The predicted molar refractivity (Wildman–Crippen MR) is 77.2 cm³/mol. The van der Waals surface area contributed by atoms with Crippen molar-refractivity contribution >= 4 is 5.91 Å². The second kappa shape index (κ2) is 7.47. The van der Waals surface area contributed by atoms with Crippen LogP contribution >= 0.6 is 0 Å². The van der Waals surface area contributed by atoms with Gasteiger partial charge >= 0.3 is 0 Å². The van der Waals surface area contributed by atoms with Gasteiger partial charge in [0.1, 0.15) is 5.82 Å². The van der Waals surface area contributed by atoms with Gasteiger partial charge in [0.15, 0.2) is 0 Å². The number of morpholine rings is 1. The summed E-state index contributed by atoms with van der Waals surface area (Å²) in [6.07, 6.45) is 1.98. The summed E-state index contributed by atoms with van der Waals surface area (Å²) in [5.74, 6) is -0.287. The van der Waals surface area contributed by atoms with E-state index in [2.05, 4.69) is 10.3 Å². The molecule has 1 amide bonds. The van der Waals surface area contributed by atoms with Crippen molar-refractivity contribution in [1.82, 2.24) is 15.2 Å². The van der Waals surface area contributed by atoms with Crippen LogP contribution in [0.4, 0.5) is 4.39 Å². The van der Waals surface area contributed by atoms with E-state index in [-0.39, 0.29) is 23.8 Å². The Morgan fingerprint density at radius 2 is 2.19 bits per heavy atom. The molecule has 0 radical (unpaired) electrons. The second-order valence-electron chi connectivity index (χ2n) is 5.19. The van der Waals surface area contributed by atoms with E-state index in [0.29, 0.717) is 26.3 Å². The highest BCUT2D eigenvalue weighted by Gasteiger charge is 2.24. The number of nitrogens with one attached hydrogen (secondary N) is 1. The van der Waals surface area contributed by atoms with Gasteiger partial charge in [0.25, 0.3) is 0 Å². The zero-order chi connectivity index (χ0) is 15.2. The summed E-state index contributed by atoms with van der Waals surface area (Å²) < 4.78 is 18.2. The molecule has 1 fully saturated rings. The molecule has 1 aromatic rings. The lowest BCUT2D eigenvalue weighted by atomic mass is 10.1. The quantitative estimate of drug-likeness (QED) is 0.894. The van der Waals surface area contributed by atoms with Crippen molar-refractivity contribution in [2.24, 2.45) is 0 Å². The average molecular weight is 295 g/mol. The van der Waals surface area contributed by atoms with Crippen LogP contribution in [0, 0.1) is 5.82 Å². The first-order valence-electron chi connectivity index (χ1n) is 7.36. The number of hydrogen-bond acceptors (Lipinski definition) is 4. The Labute approximate surface area is 124 Å². The number of carbonyl (C=O) groups is 1. The summed E-state index contributed by atoms with van der Waals surface area (Å²) in [6.45, 7) is 6.32. The minimum Gasteiger partial charge on any atom is -0.378 e. The third kappa shape index (κ3) is 4.22. The van der Waals surface area contributed by atoms with E-state index in [1.165, 1.54) is 12.3 Å². The van der Waals surface area contributed by atoms with Gasteiger partial charge in [0.2, 0.25) is 5.91 Å². The van der Waals surface area contributed by atoms with Crippen LogP contribution in [0.2, 0.25) is 0 Å². The molecular formula is C15H22FN3O2. The Hall–Kier alpha value is -1.53. The SMILES string of the molecule is CCC(NC(C)C(=O)N1CCOCC1)c1ccc(F)cn1. The molecule has 21 heavy (non-hydrogen) atoms. The number of ether oxygens (including phenoxy) is 1. The zero-order valence-corrected chi connectivity index (χ0v) is 12.5. The van der Waals surface area contributed by atoms with Crippen LogP contribution in [0.1, 0.15) is 32.0 Å². The highest BCUT2D eigenvalue weighted by Crippen LogP contribution is 2.15. The molecule has 1 N–H and O–H groups in total. The fourth-order valence-electron chi connectivity index (χ4n) is 2.44. The van der Waals surface area contributed by atoms with Gasteiger partial charge in [-0.2, -0.15) is 0 Å². The van der Waals surface area contributed by atoms with Crippen molar-refractivity contribution in [3.8, 4) is 0 Å². The summed E-state index contributed by atoms with van der Waals surface area (Å²) in [5.41, 5.74) is 0.750. The number of pyridine rings is 1. The molecule has 1 aliphatic rings. The molecular weight excluding hydrogens is 273 g/mol. The summed E-state index contributed by atoms with van der Waals surface area (Å²) in [6, 6.07) is 2.68. The first-order chi connectivity index (χ1) is 10.1. The van der Waals surface area contributed by atoms with E-state index in [1.807, 2.05) is 18.7 Å². The summed E-state index contributed by atoms with van der Waals surface area (Å²) in [4.78, 5) is 18.3. The molecule has 6 heteroatoms. The van der Waals surface area contributed by atoms with Crippen molar-refractivity contribution < 1.29 is 13.9 Å². The molecule has 0 spiro atoms. The van der Waals surface area contributed by atoms with Gasteiger partial charge in [0, 0.05) is 19.1 Å². The van der Waals surface area contributed by atoms with Gasteiger partial charge in [-0.05, 0) is 25.5 Å². The minimum absolute atomic E-state index is 0.0643. The van der Waals surface area contributed by atoms with Gasteiger partial charge in [-0.1, -0.05) is 6.92 Å². The van der Waals surface area contributed by atoms with E-state index in [9.17, 15) is 9.18 Å². The third-order valence-corrected chi connectivity index (χ3v) is 3.66. The number of rotatable bonds is 5. The summed E-state index contributed by atoms with van der Waals surface area (Å²) in [7, 11) is 0. The fraction of sp³-hybridized carbons (Fsp3) is 0.600. The molecule has 0 aromatic carbocycles. The van der Waals surface area contributed by atoms with Crippen LogP contribution < -0.4 is 5.32 Å². The van der Waals surface area contributed by atoms with E-state index < -0.39 is 0 Å². The average Bonchev–Trinajstić information content (AvgIpc) is 2.53. The second-order valence-corrected chi connectivity index (χ2v) is 5.19. The summed E-state index contributed by atoms with van der Waals surface area (Å²) in [5, 5.41) is 3.28. The van der Waals surface area contributed by atoms with E-state index >= 15 is 0 Å². The largest absolute Gasteiger partial charge is 0.378 e. The number of aromatic nitrogens is 1. The lowest BCUT2D eigenvalue weighted by molar-refractivity contribution is -0.137. The van der Waals surface area contributed by atoms with Crippen LogP contribution in [0.3, 0.4) is 0 Å². The van der Waals surface area contributed by atoms with Gasteiger partial charge in [0.05, 0.1) is 31.1 Å². The molecule has 0 bridgehead atoms. The van der Waals surface area contributed by atoms with Crippen molar-refractivity contribution in [2.75, 3.05) is 26.3 Å². The molecule has 0 saturated carbocycles. The fourth-order valence-corrected chi connectivity index (χ4v) is 2.44. The van der Waals surface area contributed by atoms with E-state index in [0.717, 1.165) is 12.1 Å². The number of amides is 1. The molecule has 0 aliphatic carbocycles. The number of hydrogen-bond donors (Lipinski definition) is 1. The highest BCUT2D eigenvalue weighted by atomic mass is 19.1. The monoisotopic (exact) mass is 295 g/mol. The maximum atomic E-state index is 12.9. The Balaban J connectivity index is 1.96. The Bertz CT molecular complexity index is 460. The van der Waals surface area contributed by atoms with Crippen molar-refractivity contribution in [2.45, 2.75) is 32.4 Å². The van der Waals surface area contributed by atoms with Crippen LogP contribution in [-0.4, -0.2) is 48.1 Å². The molecule has 1 aromatic heterocycles. The normalized spacial score (nSPS) is 18.3. The van der Waals surface area contributed by atoms with Crippen molar-refractivity contribution in [3.63, 3.8) is 0 Å².